The summed E-state index contributed by atoms with van der Waals surface area (Å²) in [6.45, 7) is 0. The molecular formula is C19H16N4O2. The lowest BCUT2D eigenvalue weighted by Gasteiger charge is -2.11. The first kappa shape index (κ1) is 16.3. The molecule has 2 aromatic heterocycles. The molecule has 0 radical (unpaired) electrons. The summed E-state index contributed by atoms with van der Waals surface area (Å²) < 4.78 is 0. The number of oxime groups is 1. The van der Waals surface area contributed by atoms with Gasteiger partial charge >= 0.3 is 0 Å². The minimum atomic E-state index is -0.517. The number of aromatic nitrogens is 2. The van der Waals surface area contributed by atoms with Crippen LogP contribution in [0.5, 0.6) is 0 Å². The lowest BCUT2D eigenvalue weighted by molar-refractivity contribution is 0.100. The van der Waals surface area contributed by atoms with Gasteiger partial charge in [-0.1, -0.05) is 29.4 Å². The zero-order valence-electron chi connectivity index (χ0n) is 13.6. The molecule has 0 aliphatic carbocycles. The maximum Gasteiger partial charge on any atom is 0.250 e. The molecule has 0 saturated carbocycles. The van der Waals surface area contributed by atoms with E-state index in [-0.39, 0.29) is 0 Å². The fraction of sp³-hybridized carbons (Fsp3) is 0.0526. The second-order valence-corrected chi connectivity index (χ2v) is 5.20. The van der Waals surface area contributed by atoms with Crippen molar-refractivity contribution in [3.8, 4) is 22.5 Å². The van der Waals surface area contributed by atoms with E-state index in [2.05, 4.69) is 20.0 Å². The SMILES string of the molecule is CO/N=C/c1ccc(-c2ccccc2-c2ncccc2C(N)=O)nc1. The number of nitrogens with two attached hydrogens (primary N) is 1. The lowest BCUT2D eigenvalue weighted by Crippen LogP contribution is -2.13. The third kappa shape index (κ3) is 3.53. The Morgan fingerprint density at radius 2 is 1.88 bits per heavy atom. The third-order valence-electron chi connectivity index (χ3n) is 3.62. The molecule has 3 aromatic rings. The van der Waals surface area contributed by atoms with E-state index in [9.17, 15) is 4.79 Å². The third-order valence-corrected chi connectivity index (χ3v) is 3.62. The molecule has 6 heteroatoms. The van der Waals surface area contributed by atoms with Crippen LogP contribution in [-0.2, 0) is 4.84 Å². The molecule has 124 valence electrons. The van der Waals surface area contributed by atoms with Crippen LogP contribution in [0, 0.1) is 0 Å². The summed E-state index contributed by atoms with van der Waals surface area (Å²) in [4.78, 5) is 25.2. The average molecular weight is 332 g/mol. The normalized spacial score (nSPS) is 10.8. The highest BCUT2D eigenvalue weighted by Gasteiger charge is 2.15. The Hall–Kier alpha value is -3.54. The van der Waals surface area contributed by atoms with E-state index in [1.807, 2.05) is 36.4 Å². The number of primary amides is 1. The highest BCUT2D eigenvalue weighted by molar-refractivity contribution is 6.00. The number of hydrogen-bond donors (Lipinski definition) is 1. The number of carbonyl (C=O) groups is 1. The van der Waals surface area contributed by atoms with Crippen molar-refractivity contribution >= 4 is 12.1 Å². The minimum absolute atomic E-state index is 0.374. The van der Waals surface area contributed by atoms with Crippen molar-refractivity contribution in [1.29, 1.82) is 0 Å². The fourth-order valence-electron chi connectivity index (χ4n) is 2.49. The van der Waals surface area contributed by atoms with Gasteiger partial charge in [0.15, 0.2) is 0 Å². The van der Waals surface area contributed by atoms with Crippen molar-refractivity contribution in [2.75, 3.05) is 7.11 Å². The second-order valence-electron chi connectivity index (χ2n) is 5.20. The molecule has 0 aliphatic rings. The van der Waals surface area contributed by atoms with Crippen molar-refractivity contribution in [2.45, 2.75) is 0 Å². The van der Waals surface area contributed by atoms with Crippen LogP contribution in [0.15, 0.2) is 66.1 Å². The Bertz CT molecular complexity index is 921. The Labute approximate surface area is 145 Å². The minimum Gasteiger partial charge on any atom is -0.399 e. The summed E-state index contributed by atoms with van der Waals surface area (Å²) in [5.74, 6) is -0.517. The van der Waals surface area contributed by atoms with Gasteiger partial charge in [0, 0.05) is 29.1 Å². The molecule has 2 N–H and O–H groups in total. The highest BCUT2D eigenvalue weighted by atomic mass is 16.6. The lowest BCUT2D eigenvalue weighted by atomic mass is 9.97. The van der Waals surface area contributed by atoms with E-state index in [0.717, 1.165) is 22.4 Å². The summed E-state index contributed by atoms with van der Waals surface area (Å²) in [5, 5.41) is 3.71. The van der Waals surface area contributed by atoms with Crippen LogP contribution in [-0.4, -0.2) is 29.2 Å². The first-order chi connectivity index (χ1) is 12.2. The monoisotopic (exact) mass is 332 g/mol. The number of carbonyl (C=O) groups excluding carboxylic acids is 1. The van der Waals surface area contributed by atoms with Gasteiger partial charge in [0.25, 0.3) is 5.91 Å². The Morgan fingerprint density at radius 3 is 2.56 bits per heavy atom. The molecule has 0 saturated heterocycles. The first-order valence-electron chi connectivity index (χ1n) is 7.58. The zero-order chi connectivity index (χ0) is 17.6. The van der Waals surface area contributed by atoms with E-state index < -0.39 is 5.91 Å². The van der Waals surface area contributed by atoms with Crippen LogP contribution in [0.4, 0.5) is 0 Å². The molecule has 1 amide bonds. The molecule has 2 heterocycles. The number of nitrogens with zero attached hydrogens (tertiary/aromatic N) is 3. The predicted octanol–water partition coefficient (Wildman–Crippen LogP) is 2.89. The van der Waals surface area contributed by atoms with Crippen LogP contribution in [0.2, 0.25) is 0 Å². The van der Waals surface area contributed by atoms with Gasteiger partial charge in [-0.05, 0) is 24.3 Å². The van der Waals surface area contributed by atoms with Gasteiger partial charge in [-0.3, -0.25) is 14.8 Å². The number of hydrogen-bond acceptors (Lipinski definition) is 5. The molecule has 6 nitrogen and oxygen atoms in total. The van der Waals surface area contributed by atoms with Crippen molar-refractivity contribution in [1.82, 2.24) is 9.97 Å². The zero-order valence-corrected chi connectivity index (χ0v) is 13.6. The molecule has 0 atom stereocenters. The molecule has 0 unspecified atom stereocenters. The summed E-state index contributed by atoms with van der Waals surface area (Å²) in [6, 6.07) is 14.7. The largest absolute Gasteiger partial charge is 0.399 e. The average Bonchev–Trinajstić information content (AvgIpc) is 2.67. The van der Waals surface area contributed by atoms with Gasteiger partial charge in [-0.25, -0.2) is 0 Å². The summed E-state index contributed by atoms with van der Waals surface area (Å²) >= 11 is 0. The summed E-state index contributed by atoms with van der Waals surface area (Å²) in [5.41, 5.74) is 9.63. The maximum atomic E-state index is 11.7. The molecule has 0 aliphatic heterocycles. The molecular weight excluding hydrogens is 316 g/mol. The quantitative estimate of drug-likeness (QED) is 0.574. The van der Waals surface area contributed by atoms with Crippen LogP contribution in [0.25, 0.3) is 22.5 Å². The van der Waals surface area contributed by atoms with Gasteiger partial charge in [-0.2, -0.15) is 0 Å². The molecule has 3 rings (SSSR count). The molecule has 0 bridgehead atoms. The van der Waals surface area contributed by atoms with E-state index in [0.29, 0.717) is 11.3 Å². The smallest absolute Gasteiger partial charge is 0.250 e. The summed E-state index contributed by atoms with van der Waals surface area (Å²) in [7, 11) is 1.48. The number of pyridine rings is 2. The molecule has 1 aromatic carbocycles. The van der Waals surface area contributed by atoms with Crippen LogP contribution in [0.1, 0.15) is 15.9 Å². The highest BCUT2D eigenvalue weighted by Crippen LogP contribution is 2.31. The van der Waals surface area contributed by atoms with Gasteiger partial charge in [0.05, 0.1) is 23.2 Å². The van der Waals surface area contributed by atoms with E-state index in [1.165, 1.54) is 7.11 Å². The molecule has 0 fully saturated rings. The van der Waals surface area contributed by atoms with Crippen molar-refractivity contribution in [3.05, 3.63) is 72.1 Å². The predicted molar refractivity (Wildman–Crippen MR) is 96.0 cm³/mol. The number of rotatable bonds is 5. The van der Waals surface area contributed by atoms with Gasteiger partial charge in [0.2, 0.25) is 0 Å². The van der Waals surface area contributed by atoms with E-state index in [1.54, 1.807) is 30.7 Å². The Kier molecular flexibility index (Phi) is 4.80. The maximum absolute atomic E-state index is 11.7. The van der Waals surface area contributed by atoms with Gasteiger partial charge in [0.1, 0.15) is 7.11 Å². The van der Waals surface area contributed by atoms with Crippen molar-refractivity contribution < 1.29 is 9.63 Å². The summed E-state index contributed by atoms with van der Waals surface area (Å²) in [6.07, 6.45) is 4.91. The van der Waals surface area contributed by atoms with Gasteiger partial charge in [-0.15, -0.1) is 0 Å². The standard InChI is InChI=1S/C19H16N4O2/c1-25-23-12-13-8-9-17(22-11-13)14-5-2-3-6-15(14)18-16(19(20)24)7-4-10-21-18/h2-12H,1H3,(H2,20,24)/b23-12+. The number of benzene rings is 1. The van der Waals surface area contributed by atoms with Crippen molar-refractivity contribution in [2.24, 2.45) is 10.9 Å². The first-order valence-corrected chi connectivity index (χ1v) is 7.58. The van der Waals surface area contributed by atoms with Crippen LogP contribution >= 0.6 is 0 Å². The van der Waals surface area contributed by atoms with Crippen molar-refractivity contribution in [3.63, 3.8) is 0 Å². The van der Waals surface area contributed by atoms with Crippen LogP contribution < -0.4 is 5.73 Å². The fourth-order valence-corrected chi connectivity index (χ4v) is 2.49. The van der Waals surface area contributed by atoms with Gasteiger partial charge < -0.3 is 10.6 Å². The topological polar surface area (TPSA) is 90.5 Å². The Balaban J connectivity index is 2.08. The molecule has 0 spiro atoms. The number of amides is 1. The van der Waals surface area contributed by atoms with E-state index >= 15 is 0 Å². The second kappa shape index (κ2) is 7.35. The molecule has 25 heavy (non-hydrogen) atoms. The van der Waals surface area contributed by atoms with Crippen LogP contribution in [0.3, 0.4) is 0 Å². The Morgan fingerprint density at radius 1 is 1.08 bits per heavy atom. The van der Waals surface area contributed by atoms with E-state index in [4.69, 9.17) is 5.73 Å².